The van der Waals surface area contributed by atoms with Gasteiger partial charge in [0, 0.05) is 50.6 Å². The van der Waals surface area contributed by atoms with Gasteiger partial charge in [-0.1, -0.05) is 18.2 Å². The van der Waals surface area contributed by atoms with Crippen LogP contribution >= 0.6 is 0 Å². The predicted octanol–water partition coefficient (Wildman–Crippen LogP) is 2.44. The monoisotopic (exact) mass is 496 g/mol. The molecular formula is C26H32N4O4S. The average molecular weight is 497 g/mol. The van der Waals surface area contributed by atoms with Crippen LogP contribution in [0.3, 0.4) is 0 Å². The highest BCUT2D eigenvalue weighted by molar-refractivity contribution is 7.89. The van der Waals surface area contributed by atoms with E-state index in [-0.39, 0.29) is 23.3 Å². The smallest absolute Gasteiger partial charge is 0.243 e. The Morgan fingerprint density at radius 1 is 0.914 bits per heavy atom. The lowest BCUT2D eigenvalue weighted by Crippen LogP contribution is -2.52. The molecule has 35 heavy (non-hydrogen) atoms. The number of para-hydroxylation sites is 1. The fourth-order valence-electron chi connectivity index (χ4n) is 5.30. The lowest BCUT2D eigenvalue weighted by molar-refractivity contribution is -0.132. The Balaban J connectivity index is 1.32. The van der Waals surface area contributed by atoms with Gasteiger partial charge in [0.25, 0.3) is 0 Å². The number of rotatable bonds is 5. The summed E-state index contributed by atoms with van der Waals surface area (Å²) in [6.45, 7) is 7.27. The summed E-state index contributed by atoms with van der Waals surface area (Å²) in [7, 11) is -3.59. The van der Waals surface area contributed by atoms with E-state index in [4.69, 9.17) is 0 Å². The largest absolute Gasteiger partial charge is 0.368 e. The molecule has 2 fully saturated rings. The summed E-state index contributed by atoms with van der Waals surface area (Å²) >= 11 is 0. The summed E-state index contributed by atoms with van der Waals surface area (Å²) in [6.07, 6.45) is 1.73. The summed E-state index contributed by atoms with van der Waals surface area (Å²) in [5.41, 5.74) is 1.52. The third-order valence-electron chi connectivity index (χ3n) is 7.46. The number of fused-ring (bicyclic) bond motifs is 1. The van der Waals surface area contributed by atoms with E-state index < -0.39 is 15.4 Å². The molecule has 0 N–H and O–H groups in total. The minimum Gasteiger partial charge on any atom is -0.368 e. The molecule has 0 aromatic heterocycles. The summed E-state index contributed by atoms with van der Waals surface area (Å²) in [6, 6.07) is 15.0. The van der Waals surface area contributed by atoms with E-state index in [9.17, 15) is 18.0 Å². The molecule has 186 valence electrons. The van der Waals surface area contributed by atoms with Crippen molar-refractivity contribution >= 4 is 33.2 Å². The number of nitrogens with zero attached hydrogens (tertiary/aromatic N) is 4. The summed E-state index contributed by atoms with van der Waals surface area (Å²) in [5, 5.41) is 0. The van der Waals surface area contributed by atoms with Crippen LogP contribution in [0.5, 0.6) is 0 Å². The molecule has 0 radical (unpaired) electrons. The number of hydrogen-bond acceptors (Lipinski definition) is 5. The van der Waals surface area contributed by atoms with Crippen LogP contribution < -0.4 is 9.80 Å². The topological polar surface area (TPSA) is 81.2 Å². The lowest BCUT2D eigenvalue weighted by atomic mass is 9.86. The quantitative estimate of drug-likeness (QED) is 0.635. The molecule has 8 nitrogen and oxygen atoms in total. The number of sulfonamides is 1. The standard InChI is InChI=1S/C26H32N4O4S/c1-26(2)22-18-21(35(33,34)29-12-6-7-13-29)10-11-23(22)30(25(26)32)19-24(31)28-16-14-27(15-17-28)20-8-4-3-5-9-20/h3-5,8-11,18H,6-7,12-17,19H2,1-2H3. The maximum atomic E-state index is 13.3. The maximum absolute atomic E-state index is 13.3. The number of benzene rings is 2. The van der Waals surface area contributed by atoms with Crippen molar-refractivity contribution in [2.45, 2.75) is 37.0 Å². The maximum Gasteiger partial charge on any atom is 0.243 e. The number of amides is 2. The van der Waals surface area contributed by atoms with Crippen LogP contribution in [-0.4, -0.2) is 75.3 Å². The molecule has 3 heterocycles. The van der Waals surface area contributed by atoms with Gasteiger partial charge in [-0.2, -0.15) is 4.31 Å². The minimum atomic E-state index is -3.59. The highest BCUT2D eigenvalue weighted by atomic mass is 32.2. The van der Waals surface area contributed by atoms with E-state index in [1.165, 1.54) is 9.21 Å². The normalized spacial score (nSPS) is 20.4. The number of hydrogen-bond donors (Lipinski definition) is 0. The van der Waals surface area contributed by atoms with Crippen LogP contribution in [-0.2, 0) is 25.0 Å². The Labute approximate surface area is 207 Å². The molecule has 3 aliphatic heterocycles. The zero-order valence-electron chi connectivity index (χ0n) is 20.3. The fraction of sp³-hybridized carbons (Fsp3) is 0.462. The van der Waals surface area contributed by atoms with Crippen LogP contribution in [0.2, 0.25) is 0 Å². The lowest BCUT2D eigenvalue weighted by Gasteiger charge is -2.36. The average Bonchev–Trinajstić information content (AvgIpc) is 3.48. The van der Waals surface area contributed by atoms with Crippen LogP contribution in [0, 0.1) is 0 Å². The molecule has 0 spiro atoms. The molecule has 3 aliphatic rings. The fourth-order valence-corrected chi connectivity index (χ4v) is 6.84. The van der Waals surface area contributed by atoms with Gasteiger partial charge in [0.2, 0.25) is 21.8 Å². The molecule has 2 aromatic rings. The van der Waals surface area contributed by atoms with Crippen LogP contribution in [0.1, 0.15) is 32.3 Å². The highest BCUT2D eigenvalue weighted by Crippen LogP contribution is 2.43. The van der Waals surface area contributed by atoms with Crippen LogP contribution in [0.25, 0.3) is 0 Å². The van der Waals surface area contributed by atoms with E-state index in [1.54, 1.807) is 32.0 Å². The Kier molecular flexibility index (Phi) is 6.09. The molecule has 2 amide bonds. The van der Waals surface area contributed by atoms with E-state index in [1.807, 2.05) is 23.1 Å². The Morgan fingerprint density at radius 3 is 2.23 bits per heavy atom. The van der Waals surface area contributed by atoms with Gasteiger partial charge in [-0.15, -0.1) is 0 Å². The van der Waals surface area contributed by atoms with Crippen molar-refractivity contribution in [3.63, 3.8) is 0 Å². The minimum absolute atomic E-state index is 0.0428. The molecule has 0 saturated carbocycles. The molecule has 0 bridgehead atoms. The zero-order chi connectivity index (χ0) is 24.8. The number of piperazine rings is 1. The van der Waals surface area contributed by atoms with E-state index >= 15 is 0 Å². The molecule has 0 atom stereocenters. The van der Waals surface area contributed by atoms with Crippen molar-refractivity contribution in [1.29, 1.82) is 0 Å². The third-order valence-corrected chi connectivity index (χ3v) is 9.36. The van der Waals surface area contributed by atoms with Crippen LogP contribution in [0.15, 0.2) is 53.4 Å². The number of anilines is 2. The Bertz CT molecular complexity index is 1230. The summed E-state index contributed by atoms with van der Waals surface area (Å²) in [5.74, 6) is -0.275. The first kappa shape index (κ1) is 23.8. The van der Waals surface area contributed by atoms with Crippen molar-refractivity contribution in [2.24, 2.45) is 0 Å². The van der Waals surface area contributed by atoms with Crippen molar-refractivity contribution in [1.82, 2.24) is 9.21 Å². The van der Waals surface area contributed by atoms with Crippen molar-refractivity contribution < 1.29 is 18.0 Å². The number of carbonyl (C=O) groups is 2. The van der Waals surface area contributed by atoms with Gasteiger partial charge in [0.1, 0.15) is 6.54 Å². The van der Waals surface area contributed by atoms with Gasteiger partial charge in [-0.3, -0.25) is 9.59 Å². The van der Waals surface area contributed by atoms with E-state index in [0.717, 1.165) is 31.6 Å². The second kappa shape index (κ2) is 8.95. The first-order valence-corrected chi connectivity index (χ1v) is 13.7. The third kappa shape index (κ3) is 4.21. The Morgan fingerprint density at radius 2 is 1.57 bits per heavy atom. The van der Waals surface area contributed by atoms with Crippen LogP contribution in [0.4, 0.5) is 11.4 Å². The highest BCUT2D eigenvalue weighted by Gasteiger charge is 2.45. The van der Waals surface area contributed by atoms with Gasteiger partial charge in [-0.05, 0) is 62.6 Å². The Hall–Kier alpha value is -2.91. The zero-order valence-corrected chi connectivity index (χ0v) is 21.1. The molecule has 0 aliphatic carbocycles. The second-order valence-corrected chi connectivity index (χ2v) is 11.9. The molecular weight excluding hydrogens is 464 g/mol. The van der Waals surface area contributed by atoms with Gasteiger partial charge in [0.15, 0.2) is 0 Å². The number of carbonyl (C=O) groups excluding carboxylic acids is 2. The summed E-state index contributed by atoms with van der Waals surface area (Å²) < 4.78 is 27.7. The summed E-state index contributed by atoms with van der Waals surface area (Å²) in [4.78, 5) is 32.3. The SMILES string of the molecule is CC1(C)C(=O)N(CC(=O)N2CCN(c3ccccc3)CC2)c2ccc(S(=O)(=O)N3CCCC3)cc21. The first-order valence-electron chi connectivity index (χ1n) is 12.2. The van der Waals surface area contributed by atoms with Crippen molar-refractivity contribution in [3.8, 4) is 0 Å². The molecule has 2 saturated heterocycles. The van der Waals surface area contributed by atoms with E-state index in [2.05, 4.69) is 17.0 Å². The van der Waals surface area contributed by atoms with E-state index in [0.29, 0.717) is 37.4 Å². The van der Waals surface area contributed by atoms with Gasteiger partial charge < -0.3 is 14.7 Å². The second-order valence-electron chi connectivity index (χ2n) is 10.0. The van der Waals surface area contributed by atoms with Crippen molar-refractivity contribution in [2.75, 3.05) is 55.6 Å². The first-order chi connectivity index (χ1) is 16.7. The molecule has 0 unspecified atom stereocenters. The molecule has 9 heteroatoms. The molecule has 2 aromatic carbocycles. The molecule has 5 rings (SSSR count). The van der Waals surface area contributed by atoms with Gasteiger partial charge in [-0.25, -0.2) is 8.42 Å². The van der Waals surface area contributed by atoms with Crippen molar-refractivity contribution in [3.05, 3.63) is 54.1 Å². The van der Waals surface area contributed by atoms with Gasteiger partial charge in [0.05, 0.1) is 10.3 Å². The van der Waals surface area contributed by atoms with Gasteiger partial charge >= 0.3 is 0 Å². The predicted molar refractivity (Wildman–Crippen MR) is 135 cm³/mol.